The summed E-state index contributed by atoms with van der Waals surface area (Å²) < 4.78 is 29.8. The minimum absolute atomic E-state index is 0.176. The lowest BCUT2D eigenvalue weighted by Crippen LogP contribution is -2.41. The van der Waals surface area contributed by atoms with Crippen molar-refractivity contribution >= 4 is 15.9 Å². The maximum absolute atomic E-state index is 12.0. The van der Waals surface area contributed by atoms with Crippen molar-refractivity contribution in [3.05, 3.63) is 18.0 Å². The van der Waals surface area contributed by atoms with Crippen LogP contribution in [0.4, 0.5) is 0 Å². The van der Waals surface area contributed by atoms with Gasteiger partial charge < -0.3 is 9.84 Å². The van der Waals surface area contributed by atoms with Crippen molar-refractivity contribution in [2.75, 3.05) is 19.6 Å². The Morgan fingerprint density at radius 1 is 1.50 bits per heavy atom. The average Bonchev–Trinajstić information content (AvgIpc) is 2.78. The number of amides is 1. The first-order valence-corrected chi connectivity index (χ1v) is 7.24. The Hall–Kier alpha value is -1.41. The molecule has 0 aliphatic rings. The zero-order chi connectivity index (χ0) is 13.6. The summed E-state index contributed by atoms with van der Waals surface area (Å²) >= 11 is 0. The Balaban J connectivity index is 2.71. The molecule has 1 amide bonds. The van der Waals surface area contributed by atoms with Crippen LogP contribution >= 0.6 is 0 Å². The predicted octanol–water partition coefficient (Wildman–Crippen LogP) is -0.0376. The third-order valence-electron chi connectivity index (χ3n) is 2.26. The SMILES string of the molecule is CCNC(=O)CN(CC)S(=O)(=O)Cc1ccon1. The van der Waals surface area contributed by atoms with Gasteiger partial charge in [0.25, 0.3) is 0 Å². The molecule has 1 aromatic rings. The van der Waals surface area contributed by atoms with Crippen LogP contribution in [0.3, 0.4) is 0 Å². The number of nitrogens with zero attached hydrogens (tertiary/aromatic N) is 2. The Morgan fingerprint density at radius 3 is 2.72 bits per heavy atom. The van der Waals surface area contributed by atoms with Gasteiger partial charge in [0.05, 0.1) is 12.2 Å². The lowest BCUT2D eigenvalue weighted by molar-refractivity contribution is -0.121. The fraction of sp³-hybridized carbons (Fsp3) is 0.600. The quantitative estimate of drug-likeness (QED) is 0.754. The monoisotopic (exact) mass is 275 g/mol. The molecule has 1 aromatic heterocycles. The number of rotatable bonds is 7. The second kappa shape index (κ2) is 6.50. The first kappa shape index (κ1) is 14.7. The summed E-state index contributed by atoms with van der Waals surface area (Å²) in [6, 6.07) is 1.48. The van der Waals surface area contributed by atoms with E-state index in [-0.39, 0.29) is 24.7 Å². The minimum atomic E-state index is -3.56. The molecule has 0 atom stereocenters. The van der Waals surface area contributed by atoms with Crippen molar-refractivity contribution in [1.82, 2.24) is 14.8 Å². The molecule has 0 saturated heterocycles. The number of hydrogen-bond acceptors (Lipinski definition) is 5. The molecule has 0 saturated carbocycles. The smallest absolute Gasteiger partial charge is 0.235 e. The Bertz CT molecular complexity index is 469. The molecule has 0 radical (unpaired) electrons. The minimum Gasteiger partial charge on any atom is -0.364 e. The van der Waals surface area contributed by atoms with Crippen molar-refractivity contribution in [2.45, 2.75) is 19.6 Å². The van der Waals surface area contributed by atoms with Crippen LogP contribution in [0.2, 0.25) is 0 Å². The molecule has 0 unspecified atom stereocenters. The standard InChI is InChI=1S/C10H17N3O4S/c1-3-11-10(14)7-13(4-2)18(15,16)8-9-5-6-17-12-9/h5-6H,3-4,7-8H2,1-2H3,(H,11,14). The number of likely N-dealkylation sites (N-methyl/N-ethyl adjacent to an activating group) is 2. The number of hydrogen-bond donors (Lipinski definition) is 1. The van der Waals surface area contributed by atoms with Gasteiger partial charge in [-0.1, -0.05) is 12.1 Å². The molecule has 1 rings (SSSR count). The summed E-state index contributed by atoms with van der Waals surface area (Å²) in [5, 5.41) is 6.11. The van der Waals surface area contributed by atoms with Crippen molar-refractivity contribution in [3.8, 4) is 0 Å². The fourth-order valence-corrected chi connectivity index (χ4v) is 2.82. The van der Waals surface area contributed by atoms with Crippen molar-refractivity contribution in [2.24, 2.45) is 0 Å². The summed E-state index contributed by atoms with van der Waals surface area (Å²) in [6.45, 7) is 3.99. The Morgan fingerprint density at radius 2 is 2.22 bits per heavy atom. The van der Waals surface area contributed by atoms with Gasteiger partial charge >= 0.3 is 0 Å². The van der Waals surface area contributed by atoms with E-state index in [1.807, 2.05) is 0 Å². The van der Waals surface area contributed by atoms with E-state index >= 15 is 0 Å². The molecule has 7 nitrogen and oxygen atoms in total. The van der Waals surface area contributed by atoms with Gasteiger partial charge in [-0.3, -0.25) is 4.79 Å². The van der Waals surface area contributed by atoms with Crippen molar-refractivity contribution in [3.63, 3.8) is 0 Å². The zero-order valence-electron chi connectivity index (χ0n) is 10.4. The van der Waals surface area contributed by atoms with Gasteiger partial charge in [0, 0.05) is 19.2 Å². The molecule has 1 heterocycles. The molecule has 0 aliphatic heterocycles. The van der Waals surface area contributed by atoms with E-state index in [2.05, 4.69) is 15.0 Å². The summed E-state index contributed by atoms with van der Waals surface area (Å²) in [6.07, 6.45) is 1.31. The van der Waals surface area contributed by atoms with Gasteiger partial charge in [0.2, 0.25) is 15.9 Å². The normalized spacial score (nSPS) is 11.7. The summed E-state index contributed by atoms with van der Waals surface area (Å²) in [7, 11) is -3.56. The molecule has 0 fully saturated rings. The first-order valence-electron chi connectivity index (χ1n) is 5.63. The second-order valence-corrected chi connectivity index (χ2v) is 5.60. The van der Waals surface area contributed by atoms with Crippen molar-refractivity contribution < 1.29 is 17.7 Å². The number of carbonyl (C=O) groups is 1. The fourth-order valence-electron chi connectivity index (χ4n) is 1.41. The Labute approximate surface area is 106 Å². The first-order chi connectivity index (χ1) is 8.49. The maximum Gasteiger partial charge on any atom is 0.235 e. The van der Waals surface area contributed by atoms with Crippen LogP contribution in [-0.2, 0) is 20.6 Å². The molecule has 102 valence electrons. The van der Waals surface area contributed by atoms with Gasteiger partial charge in [0.15, 0.2) is 0 Å². The van der Waals surface area contributed by atoms with Crippen LogP contribution in [0.1, 0.15) is 19.5 Å². The highest BCUT2D eigenvalue weighted by atomic mass is 32.2. The zero-order valence-corrected chi connectivity index (χ0v) is 11.2. The van der Waals surface area contributed by atoms with E-state index in [9.17, 15) is 13.2 Å². The van der Waals surface area contributed by atoms with E-state index in [0.29, 0.717) is 12.2 Å². The molecule has 0 spiro atoms. The predicted molar refractivity (Wildman–Crippen MR) is 65.1 cm³/mol. The molecular formula is C10H17N3O4S. The maximum atomic E-state index is 12.0. The van der Waals surface area contributed by atoms with E-state index < -0.39 is 10.0 Å². The van der Waals surface area contributed by atoms with E-state index in [1.54, 1.807) is 13.8 Å². The lowest BCUT2D eigenvalue weighted by Gasteiger charge is -2.19. The lowest BCUT2D eigenvalue weighted by atomic mass is 10.5. The summed E-state index contributed by atoms with van der Waals surface area (Å²) in [5.74, 6) is -0.584. The van der Waals surface area contributed by atoms with Crippen LogP contribution in [0.25, 0.3) is 0 Å². The molecule has 18 heavy (non-hydrogen) atoms. The summed E-state index contributed by atoms with van der Waals surface area (Å²) in [5.41, 5.74) is 0.323. The van der Waals surface area contributed by atoms with Gasteiger partial charge in [-0.05, 0) is 6.92 Å². The second-order valence-electron chi connectivity index (χ2n) is 3.63. The van der Waals surface area contributed by atoms with Crippen molar-refractivity contribution in [1.29, 1.82) is 0 Å². The number of aromatic nitrogens is 1. The number of sulfonamides is 1. The van der Waals surface area contributed by atoms with E-state index in [4.69, 9.17) is 0 Å². The molecule has 0 aliphatic carbocycles. The molecular weight excluding hydrogens is 258 g/mol. The third kappa shape index (κ3) is 4.11. The largest absolute Gasteiger partial charge is 0.364 e. The van der Waals surface area contributed by atoms with Gasteiger partial charge in [0.1, 0.15) is 12.0 Å². The van der Waals surface area contributed by atoms with Crippen LogP contribution in [0.15, 0.2) is 16.9 Å². The van der Waals surface area contributed by atoms with E-state index in [1.165, 1.54) is 12.3 Å². The summed E-state index contributed by atoms with van der Waals surface area (Å²) in [4.78, 5) is 11.4. The topological polar surface area (TPSA) is 92.5 Å². The highest BCUT2D eigenvalue weighted by molar-refractivity contribution is 7.88. The van der Waals surface area contributed by atoms with Gasteiger partial charge in [-0.15, -0.1) is 0 Å². The van der Waals surface area contributed by atoms with Gasteiger partial charge in [-0.2, -0.15) is 4.31 Å². The third-order valence-corrected chi connectivity index (χ3v) is 4.10. The highest BCUT2D eigenvalue weighted by Gasteiger charge is 2.24. The van der Waals surface area contributed by atoms with Crippen LogP contribution in [0.5, 0.6) is 0 Å². The van der Waals surface area contributed by atoms with E-state index in [0.717, 1.165) is 4.31 Å². The Kier molecular flexibility index (Phi) is 5.29. The molecule has 1 N–H and O–H groups in total. The number of carbonyl (C=O) groups excluding carboxylic acids is 1. The highest BCUT2D eigenvalue weighted by Crippen LogP contribution is 2.08. The van der Waals surface area contributed by atoms with Gasteiger partial charge in [-0.25, -0.2) is 8.42 Å². The van der Waals surface area contributed by atoms with Crippen LogP contribution < -0.4 is 5.32 Å². The van der Waals surface area contributed by atoms with Crippen LogP contribution in [0, 0.1) is 0 Å². The molecule has 0 bridgehead atoms. The molecule has 0 aromatic carbocycles. The van der Waals surface area contributed by atoms with Crippen LogP contribution in [-0.4, -0.2) is 43.4 Å². The molecule has 8 heteroatoms. The number of nitrogens with one attached hydrogen (secondary N) is 1. The average molecular weight is 275 g/mol.